The molecule has 1 aromatic heterocycles. The standard InChI is InChI=1S/C13H9ClN2O/c1-16-7-6-11(12(8-15)13(16)17)9-2-4-10(14)5-3-9/h2-7H,1H3. The Morgan fingerprint density at radius 2 is 1.88 bits per heavy atom. The Balaban J connectivity index is 2.69. The molecule has 0 N–H and O–H groups in total. The zero-order valence-electron chi connectivity index (χ0n) is 9.14. The fourth-order valence-electron chi connectivity index (χ4n) is 1.61. The highest BCUT2D eigenvalue weighted by Crippen LogP contribution is 2.22. The number of aryl methyl sites for hydroxylation is 1. The van der Waals surface area contributed by atoms with Gasteiger partial charge in [0.05, 0.1) is 0 Å². The van der Waals surface area contributed by atoms with E-state index in [1.165, 1.54) is 4.57 Å². The van der Waals surface area contributed by atoms with Gasteiger partial charge in [-0.2, -0.15) is 5.26 Å². The SMILES string of the molecule is Cn1ccc(-c2ccc(Cl)cc2)c(C#N)c1=O. The Hall–Kier alpha value is -2.05. The van der Waals surface area contributed by atoms with Crippen LogP contribution < -0.4 is 5.56 Å². The van der Waals surface area contributed by atoms with Crippen LogP contribution in [0.1, 0.15) is 5.56 Å². The molecule has 1 heterocycles. The van der Waals surface area contributed by atoms with Gasteiger partial charge < -0.3 is 4.57 Å². The molecular weight excluding hydrogens is 236 g/mol. The van der Waals surface area contributed by atoms with Crippen LogP contribution in [0.4, 0.5) is 0 Å². The van der Waals surface area contributed by atoms with Gasteiger partial charge in [0.1, 0.15) is 11.6 Å². The summed E-state index contributed by atoms with van der Waals surface area (Å²) in [5, 5.41) is 9.67. The van der Waals surface area contributed by atoms with Crippen molar-refractivity contribution in [2.45, 2.75) is 0 Å². The number of halogens is 1. The Morgan fingerprint density at radius 3 is 2.47 bits per heavy atom. The van der Waals surface area contributed by atoms with E-state index in [9.17, 15) is 4.79 Å². The van der Waals surface area contributed by atoms with Crippen molar-refractivity contribution < 1.29 is 0 Å². The van der Waals surface area contributed by atoms with Gasteiger partial charge in [0, 0.05) is 23.8 Å². The third-order valence-electron chi connectivity index (χ3n) is 2.54. The molecule has 17 heavy (non-hydrogen) atoms. The molecular formula is C13H9ClN2O. The maximum Gasteiger partial charge on any atom is 0.268 e. The summed E-state index contributed by atoms with van der Waals surface area (Å²) in [5.74, 6) is 0. The minimum absolute atomic E-state index is 0.150. The van der Waals surface area contributed by atoms with E-state index in [0.29, 0.717) is 10.6 Å². The Morgan fingerprint density at radius 1 is 1.24 bits per heavy atom. The molecule has 0 spiro atoms. The van der Waals surface area contributed by atoms with Gasteiger partial charge in [-0.05, 0) is 23.8 Å². The average Bonchev–Trinajstić information content (AvgIpc) is 2.34. The highest BCUT2D eigenvalue weighted by molar-refractivity contribution is 6.30. The van der Waals surface area contributed by atoms with E-state index in [2.05, 4.69) is 0 Å². The second-order valence-corrected chi connectivity index (χ2v) is 4.08. The van der Waals surface area contributed by atoms with Crippen LogP contribution in [0.15, 0.2) is 41.3 Å². The van der Waals surface area contributed by atoms with E-state index in [-0.39, 0.29) is 11.1 Å². The second-order valence-electron chi connectivity index (χ2n) is 3.64. The maximum absolute atomic E-state index is 11.8. The molecule has 0 amide bonds. The summed E-state index contributed by atoms with van der Waals surface area (Å²) in [5.41, 5.74) is 1.30. The van der Waals surface area contributed by atoms with Gasteiger partial charge in [0.25, 0.3) is 5.56 Å². The zero-order chi connectivity index (χ0) is 12.4. The number of benzene rings is 1. The summed E-state index contributed by atoms with van der Waals surface area (Å²) >= 11 is 5.80. The van der Waals surface area contributed by atoms with Crippen molar-refractivity contribution >= 4 is 11.6 Å². The number of nitrogens with zero attached hydrogens (tertiary/aromatic N) is 2. The molecule has 0 aliphatic heterocycles. The van der Waals surface area contributed by atoms with Gasteiger partial charge >= 0.3 is 0 Å². The third-order valence-corrected chi connectivity index (χ3v) is 2.79. The summed E-state index contributed by atoms with van der Waals surface area (Å²) in [6.45, 7) is 0. The van der Waals surface area contributed by atoms with Gasteiger partial charge in [0.2, 0.25) is 0 Å². The van der Waals surface area contributed by atoms with E-state index in [1.54, 1.807) is 43.6 Å². The topological polar surface area (TPSA) is 45.8 Å². The fraction of sp³-hybridized carbons (Fsp3) is 0.0769. The lowest BCUT2D eigenvalue weighted by molar-refractivity contribution is 0.857. The molecule has 2 rings (SSSR count). The van der Waals surface area contributed by atoms with Crippen molar-refractivity contribution in [3.8, 4) is 17.2 Å². The summed E-state index contributed by atoms with van der Waals surface area (Å²) in [4.78, 5) is 11.8. The molecule has 2 aromatic rings. The first-order chi connectivity index (χ1) is 8.13. The minimum Gasteiger partial charge on any atom is -0.317 e. The maximum atomic E-state index is 11.8. The van der Waals surface area contributed by atoms with Crippen molar-refractivity contribution in [3.63, 3.8) is 0 Å². The number of pyridine rings is 1. The lowest BCUT2D eigenvalue weighted by Gasteiger charge is -2.05. The Labute approximate surface area is 104 Å². The molecule has 0 saturated carbocycles. The van der Waals surface area contributed by atoms with Gasteiger partial charge in [-0.15, -0.1) is 0 Å². The molecule has 1 aromatic carbocycles. The highest BCUT2D eigenvalue weighted by Gasteiger charge is 2.09. The van der Waals surface area contributed by atoms with Crippen LogP contribution in [-0.4, -0.2) is 4.57 Å². The number of rotatable bonds is 1. The van der Waals surface area contributed by atoms with E-state index in [1.807, 2.05) is 6.07 Å². The van der Waals surface area contributed by atoms with Crippen LogP contribution in [-0.2, 0) is 7.05 Å². The molecule has 0 aliphatic carbocycles. The monoisotopic (exact) mass is 244 g/mol. The summed E-state index contributed by atoms with van der Waals surface area (Å²) in [6.07, 6.45) is 1.65. The van der Waals surface area contributed by atoms with Crippen LogP contribution in [0, 0.1) is 11.3 Å². The van der Waals surface area contributed by atoms with Crippen molar-refractivity contribution in [1.82, 2.24) is 4.57 Å². The molecule has 0 fully saturated rings. The molecule has 3 nitrogen and oxygen atoms in total. The van der Waals surface area contributed by atoms with Crippen molar-refractivity contribution in [2.24, 2.45) is 7.05 Å². The molecule has 0 unspecified atom stereocenters. The predicted molar refractivity (Wildman–Crippen MR) is 66.8 cm³/mol. The van der Waals surface area contributed by atoms with E-state index in [0.717, 1.165) is 5.56 Å². The van der Waals surface area contributed by atoms with Crippen LogP contribution in [0.3, 0.4) is 0 Å². The quantitative estimate of drug-likeness (QED) is 0.774. The molecule has 0 radical (unpaired) electrons. The average molecular weight is 245 g/mol. The third kappa shape index (κ3) is 2.08. The number of aromatic nitrogens is 1. The van der Waals surface area contributed by atoms with Crippen LogP contribution in [0.2, 0.25) is 5.02 Å². The lowest BCUT2D eigenvalue weighted by Crippen LogP contribution is -2.19. The van der Waals surface area contributed by atoms with Crippen LogP contribution >= 0.6 is 11.6 Å². The second kappa shape index (κ2) is 4.44. The first-order valence-electron chi connectivity index (χ1n) is 4.99. The van der Waals surface area contributed by atoms with Crippen LogP contribution in [0.5, 0.6) is 0 Å². The van der Waals surface area contributed by atoms with E-state index in [4.69, 9.17) is 16.9 Å². The van der Waals surface area contributed by atoms with Crippen molar-refractivity contribution in [2.75, 3.05) is 0 Å². The molecule has 0 saturated heterocycles. The highest BCUT2D eigenvalue weighted by atomic mass is 35.5. The minimum atomic E-state index is -0.292. The first kappa shape index (κ1) is 11.4. The first-order valence-corrected chi connectivity index (χ1v) is 5.37. The molecule has 0 bridgehead atoms. The normalized spacial score (nSPS) is 9.94. The summed E-state index contributed by atoms with van der Waals surface area (Å²) in [7, 11) is 1.62. The fourth-order valence-corrected chi connectivity index (χ4v) is 1.73. The summed E-state index contributed by atoms with van der Waals surface area (Å²) < 4.78 is 1.39. The van der Waals surface area contributed by atoms with Gasteiger partial charge in [-0.25, -0.2) is 0 Å². The zero-order valence-corrected chi connectivity index (χ0v) is 9.90. The number of hydrogen-bond acceptors (Lipinski definition) is 2. The van der Waals surface area contributed by atoms with E-state index < -0.39 is 0 Å². The van der Waals surface area contributed by atoms with Gasteiger partial charge in [-0.3, -0.25) is 4.79 Å². The molecule has 0 aliphatic rings. The molecule has 84 valence electrons. The van der Waals surface area contributed by atoms with Gasteiger partial charge in [-0.1, -0.05) is 23.7 Å². The van der Waals surface area contributed by atoms with Crippen molar-refractivity contribution in [3.05, 3.63) is 57.5 Å². The van der Waals surface area contributed by atoms with Gasteiger partial charge in [0.15, 0.2) is 0 Å². The molecule has 4 heteroatoms. The predicted octanol–water partition coefficient (Wildman–Crippen LogP) is 2.58. The number of hydrogen-bond donors (Lipinski definition) is 0. The van der Waals surface area contributed by atoms with E-state index >= 15 is 0 Å². The molecule has 0 atom stereocenters. The number of nitriles is 1. The Kier molecular flexibility index (Phi) is 2.99. The lowest BCUT2D eigenvalue weighted by atomic mass is 10.0. The van der Waals surface area contributed by atoms with Crippen molar-refractivity contribution in [1.29, 1.82) is 5.26 Å². The van der Waals surface area contributed by atoms with Crippen LogP contribution in [0.25, 0.3) is 11.1 Å². The smallest absolute Gasteiger partial charge is 0.268 e. The summed E-state index contributed by atoms with van der Waals surface area (Å²) in [6, 6.07) is 10.7. The largest absolute Gasteiger partial charge is 0.317 e. The Bertz CT molecular complexity index is 651.